The molecule has 6 heteroatoms. The van der Waals surface area contributed by atoms with Gasteiger partial charge < -0.3 is 14.6 Å². The summed E-state index contributed by atoms with van der Waals surface area (Å²) in [6, 6.07) is 10.9. The summed E-state index contributed by atoms with van der Waals surface area (Å²) in [5, 5.41) is 2.49. The average Bonchev–Trinajstić information content (AvgIpc) is 2.72. The van der Waals surface area contributed by atoms with Crippen LogP contribution in [0.2, 0.25) is 0 Å². The highest BCUT2D eigenvalue weighted by atomic mass is 16.5. The number of carbonyl (C=O) groups excluding carboxylic acids is 2. The van der Waals surface area contributed by atoms with E-state index in [1.807, 2.05) is 30.3 Å². The minimum absolute atomic E-state index is 0.0167. The molecule has 2 atom stereocenters. The first-order valence-electron chi connectivity index (χ1n) is 9.84. The van der Waals surface area contributed by atoms with Crippen LogP contribution in [0.5, 0.6) is 0 Å². The Bertz CT molecular complexity index is 963. The Morgan fingerprint density at radius 1 is 1.24 bits per heavy atom. The molecule has 1 aromatic heterocycles. The molecular weight excluding hydrogens is 368 g/mol. The third kappa shape index (κ3) is 4.17. The van der Waals surface area contributed by atoms with E-state index in [4.69, 9.17) is 4.74 Å². The van der Waals surface area contributed by atoms with Gasteiger partial charge in [0, 0.05) is 32.3 Å². The SMILES string of the molecule is CNC(=O)c1cc(C(=O)CC2CC(OC)C2(C)C)cn(Cc2ccccc2)c1=O. The van der Waals surface area contributed by atoms with Gasteiger partial charge in [0.05, 0.1) is 12.6 Å². The fraction of sp³-hybridized carbons (Fsp3) is 0.435. The molecule has 2 aromatic rings. The van der Waals surface area contributed by atoms with Crippen molar-refractivity contribution in [3.05, 3.63) is 69.6 Å². The van der Waals surface area contributed by atoms with Gasteiger partial charge in [-0.15, -0.1) is 0 Å². The van der Waals surface area contributed by atoms with Gasteiger partial charge in [0.1, 0.15) is 5.56 Å². The molecule has 1 N–H and O–H groups in total. The summed E-state index contributed by atoms with van der Waals surface area (Å²) in [4.78, 5) is 38.1. The van der Waals surface area contributed by atoms with E-state index in [1.54, 1.807) is 13.3 Å². The minimum Gasteiger partial charge on any atom is -0.381 e. The Morgan fingerprint density at radius 2 is 1.93 bits per heavy atom. The van der Waals surface area contributed by atoms with Crippen molar-refractivity contribution in [1.29, 1.82) is 0 Å². The van der Waals surface area contributed by atoms with Crippen molar-refractivity contribution >= 4 is 11.7 Å². The molecule has 0 radical (unpaired) electrons. The van der Waals surface area contributed by atoms with Gasteiger partial charge in [0.2, 0.25) is 0 Å². The van der Waals surface area contributed by atoms with Crippen LogP contribution in [0, 0.1) is 11.3 Å². The van der Waals surface area contributed by atoms with E-state index in [1.165, 1.54) is 17.7 Å². The fourth-order valence-electron chi connectivity index (χ4n) is 4.04. The standard InChI is InChI=1S/C23H28N2O4/c1-23(2)17(12-20(23)29-4)11-19(26)16-10-18(21(27)24-3)22(28)25(14-16)13-15-8-6-5-7-9-15/h5-10,14,17,20H,11-13H2,1-4H3,(H,24,27). The maximum absolute atomic E-state index is 13.0. The highest BCUT2D eigenvalue weighted by molar-refractivity contribution is 6.00. The summed E-state index contributed by atoms with van der Waals surface area (Å²) >= 11 is 0. The first kappa shape index (κ1) is 21.0. The van der Waals surface area contributed by atoms with Gasteiger partial charge in [-0.1, -0.05) is 44.2 Å². The summed E-state index contributed by atoms with van der Waals surface area (Å²) in [5.74, 6) is -0.350. The molecule has 29 heavy (non-hydrogen) atoms. The average molecular weight is 396 g/mol. The number of hydrogen-bond acceptors (Lipinski definition) is 4. The number of ketones is 1. The van der Waals surface area contributed by atoms with Crippen molar-refractivity contribution < 1.29 is 14.3 Å². The smallest absolute Gasteiger partial charge is 0.263 e. The molecular formula is C23H28N2O4. The van der Waals surface area contributed by atoms with Crippen LogP contribution >= 0.6 is 0 Å². The molecule has 1 saturated carbocycles. The fourth-order valence-corrected chi connectivity index (χ4v) is 4.04. The van der Waals surface area contributed by atoms with E-state index in [0.717, 1.165) is 12.0 Å². The van der Waals surface area contributed by atoms with Crippen molar-refractivity contribution in [2.75, 3.05) is 14.2 Å². The third-order valence-corrected chi connectivity index (χ3v) is 6.17. The Balaban J connectivity index is 1.91. The van der Waals surface area contributed by atoms with Gasteiger partial charge in [-0.05, 0) is 29.4 Å². The number of nitrogens with zero attached hydrogens (tertiary/aromatic N) is 1. The number of amides is 1. The molecule has 154 valence electrons. The van der Waals surface area contributed by atoms with Gasteiger partial charge in [0.15, 0.2) is 5.78 Å². The third-order valence-electron chi connectivity index (χ3n) is 6.17. The normalized spacial score (nSPS) is 20.0. The second-order valence-electron chi connectivity index (χ2n) is 8.25. The molecule has 1 aliphatic rings. The van der Waals surface area contributed by atoms with E-state index < -0.39 is 11.5 Å². The number of pyridine rings is 1. The maximum Gasteiger partial charge on any atom is 0.263 e. The minimum atomic E-state index is -0.491. The number of carbonyl (C=O) groups is 2. The van der Waals surface area contributed by atoms with Gasteiger partial charge in [-0.25, -0.2) is 0 Å². The molecule has 0 aliphatic heterocycles. The largest absolute Gasteiger partial charge is 0.381 e. The Hall–Kier alpha value is -2.73. The predicted octanol–water partition coefficient (Wildman–Crippen LogP) is 2.89. The molecule has 1 aliphatic carbocycles. The molecule has 3 rings (SSSR count). The number of Topliss-reactive ketones (excluding diaryl/α,β-unsaturated/α-hetero) is 1. The summed E-state index contributed by atoms with van der Waals surface area (Å²) in [6.07, 6.45) is 2.92. The number of methoxy groups -OCH3 is 1. The summed E-state index contributed by atoms with van der Waals surface area (Å²) in [5.41, 5.74) is 0.804. The molecule has 1 heterocycles. The zero-order valence-corrected chi connectivity index (χ0v) is 17.4. The quantitative estimate of drug-likeness (QED) is 0.730. The van der Waals surface area contributed by atoms with Crippen LogP contribution in [-0.2, 0) is 11.3 Å². The Labute approximate surface area is 170 Å². The number of aromatic nitrogens is 1. The number of ether oxygens (including phenoxy) is 1. The number of benzene rings is 1. The molecule has 0 saturated heterocycles. The van der Waals surface area contributed by atoms with Gasteiger partial charge in [-0.2, -0.15) is 0 Å². The first-order chi connectivity index (χ1) is 13.8. The lowest BCUT2D eigenvalue weighted by molar-refractivity contribution is -0.119. The lowest BCUT2D eigenvalue weighted by Crippen LogP contribution is -2.50. The molecule has 6 nitrogen and oxygen atoms in total. The van der Waals surface area contributed by atoms with Crippen LogP contribution in [-0.4, -0.2) is 36.5 Å². The van der Waals surface area contributed by atoms with Crippen molar-refractivity contribution in [3.8, 4) is 0 Å². The second-order valence-corrected chi connectivity index (χ2v) is 8.25. The second kappa shape index (κ2) is 8.33. The number of nitrogens with one attached hydrogen (secondary N) is 1. The van der Waals surface area contributed by atoms with Crippen LogP contribution in [0.25, 0.3) is 0 Å². The molecule has 0 spiro atoms. The molecule has 2 unspecified atom stereocenters. The highest BCUT2D eigenvalue weighted by Crippen LogP contribution is 2.49. The van der Waals surface area contributed by atoms with Crippen LogP contribution in [0.4, 0.5) is 0 Å². The lowest BCUT2D eigenvalue weighted by Gasteiger charge is -2.51. The van der Waals surface area contributed by atoms with Crippen molar-refractivity contribution in [2.45, 2.75) is 39.3 Å². The summed E-state index contributed by atoms with van der Waals surface area (Å²) in [6.45, 7) is 4.51. The zero-order valence-electron chi connectivity index (χ0n) is 17.4. The van der Waals surface area contributed by atoms with Crippen LogP contribution in [0.1, 0.15) is 53.0 Å². The van der Waals surface area contributed by atoms with Crippen LogP contribution in [0.15, 0.2) is 47.4 Å². The first-order valence-corrected chi connectivity index (χ1v) is 9.84. The van der Waals surface area contributed by atoms with Crippen LogP contribution in [0.3, 0.4) is 0 Å². The highest BCUT2D eigenvalue weighted by Gasteiger charge is 2.48. The van der Waals surface area contributed by atoms with E-state index >= 15 is 0 Å². The van der Waals surface area contributed by atoms with Crippen molar-refractivity contribution in [2.24, 2.45) is 11.3 Å². The molecule has 0 bridgehead atoms. The van der Waals surface area contributed by atoms with E-state index in [0.29, 0.717) is 18.5 Å². The number of rotatable bonds is 7. The van der Waals surface area contributed by atoms with Gasteiger partial charge in [-0.3, -0.25) is 14.4 Å². The Morgan fingerprint density at radius 3 is 2.52 bits per heavy atom. The van der Waals surface area contributed by atoms with Crippen molar-refractivity contribution in [3.63, 3.8) is 0 Å². The number of hydrogen-bond donors (Lipinski definition) is 1. The lowest BCUT2D eigenvalue weighted by atomic mass is 9.58. The maximum atomic E-state index is 13.0. The monoisotopic (exact) mass is 396 g/mol. The van der Waals surface area contributed by atoms with Crippen molar-refractivity contribution in [1.82, 2.24) is 9.88 Å². The zero-order chi connectivity index (χ0) is 21.2. The Kier molecular flexibility index (Phi) is 6.03. The molecule has 1 amide bonds. The topological polar surface area (TPSA) is 77.4 Å². The van der Waals surface area contributed by atoms with E-state index in [-0.39, 0.29) is 28.8 Å². The predicted molar refractivity (Wildman–Crippen MR) is 111 cm³/mol. The van der Waals surface area contributed by atoms with Crippen LogP contribution < -0.4 is 10.9 Å². The van der Waals surface area contributed by atoms with E-state index in [9.17, 15) is 14.4 Å². The molecule has 1 aromatic carbocycles. The van der Waals surface area contributed by atoms with E-state index in [2.05, 4.69) is 19.2 Å². The van der Waals surface area contributed by atoms with Gasteiger partial charge >= 0.3 is 0 Å². The molecule has 1 fully saturated rings. The summed E-state index contributed by atoms with van der Waals surface area (Å²) < 4.78 is 6.92. The van der Waals surface area contributed by atoms with Gasteiger partial charge in [0.25, 0.3) is 11.5 Å². The summed E-state index contributed by atoms with van der Waals surface area (Å²) in [7, 11) is 3.17.